The lowest BCUT2D eigenvalue weighted by atomic mass is 10.1. The molecule has 0 saturated heterocycles. The summed E-state index contributed by atoms with van der Waals surface area (Å²) >= 11 is 0. The summed E-state index contributed by atoms with van der Waals surface area (Å²) in [7, 11) is 1.30. The van der Waals surface area contributed by atoms with Gasteiger partial charge < -0.3 is 14.8 Å². The van der Waals surface area contributed by atoms with Crippen LogP contribution in [0.25, 0.3) is 16.8 Å². The predicted octanol–water partition coefficient (Wildman–Crippen LogP) is 4.49. The lowest BCUT2D eigenvalue weighted by Crippen LogP contribution is -2.43. The summed E-state index contributed by atoms with van der Waals surface area (Å²) in [4.78, 5) is 30.0. The standard InChI is InChI=1S/C30H26N4O4/c1-37-30(36)27(18-21-8-4-2-5-9-21)33-29(35)26-16-17-34-28(32-26)25(19-31-34)23-12-14-24(15-13-23)38-20-22-10-6-3-7-11-22/h2-17,19,27H,18,20H2,1H3,(H,33,35)/t27-/m1/s1. The maximum atomic E-state index is 13.1. The number of amides is 1. The van der Waals surface area contributed by atoms with E-state index in [0.29, 0.717) is 18.7 Å². The van der Waals surface area contributed by atoms with Crippen molar-refractivity contribution in [1.82, 2.24) is 19.9 Å². The average Bonchev–Trinajstić information content (AvgIpc) is 3.40. The summed E-state index contributed by atoms with van der Waals surface area (Å²) in [6.45, 7) is 0.480. The second-order valence-corrected chi connectivity index (χ2v) is 8.68. The van der Waals surface area contributed by atoms with E-state index in [2.05, 4.69) is 15.4 Å². The Labute approximate surface area is 219 Å². The van der Waals surface area contributed by atoms with E-state index in [1.165, 1.54) is 7.11 Å². The zero-order valence-corrected chi connectivity index (χ0v) is 20.8. The highest BCUT2D eigenvalue weighted by Gasteiger charge is 2.23. The van der Waals surface area contributed by atoms with Crippen LogP contribution in [0.4, 0.5) is 0 Å². The van der Waals surface area contributed by atoms with Gasteiger partial charge in [0.2, 0.25) is 0 Å². The zero-order valence-electron chi connectivity index (χ0n) is 20.8. The number of carbonyl (C=O) groups excluding carboxylic acids is 2. The molecule has 38 heavy (non-hydrogen) atoms. The number of nitrogens with one attached hydrogen (secondary N) is 1. The van der Waals surface area contributed by atoms with Crippen molar-refractivity contribution in [2.45, 2.75) is 19.1 Å². The summed E-state index contributed by atoms with van der Waals surface area (Å²) < 4.78 is 12.4. The molecule has 0 aliphatic heterocycles. The van der Waals surface area contributed by atoms with Crippen LogP contribution in [0.5, 0.6) is 5.75 Å². The van der Waals surface area contributed by atoms with E-state index in [-0.39, 0.29) is 5.69 Å². The monoisotopic (exact) mass is 506 g/mol. The molecule has 0 aliphatic rings. The van der Waals surface area contributed by atoms with E-state index in [9.17, 15) is 9.59 Å². The van der Waals surface area contributed by atoms with Gasteiger partial charge in [0.15, 0.2) is 5.65 Å². The summed E-state index contributed by atoms with van der Waals surface area (Å²) in [5, 5.41) is 7.13. The second-order valence-electron chi connectivity index (χ2n) is 8.68. The Balaban J connectivity index is 1.33. The number of esters is 1. The van der Waals surface area contributed by atoms with Gasteiger partial charge in [0.25, 0.3) is 5.91 Å². The predicted molar refractivity (Wildman–Crippen MR) is 143 cm³/mol. The molecule has 0 radical (unpaired) electrons. The van der Waals surface area contributed by atoms with Crippen LogP contribution in [-0.2, 0) is 22.6 Å². The van der Waals surface area contributed by atoms with Gasteiger partial charge in [-0.1, -0.05) is 72.8 Å². The highest BCUT2D eigenvalue weighted by Crippen LogP contribution is 2.26. The van der Waals surface area contributed by atoms with E-state index in [1.54, 1.807) is 23.0 Å². The van der Waals surface area contributed by atoms with Crippen LogP contribution in [0, 0.1) is 0 Å². The molecule has 0 fully saturated rings. The summed E-state index contributed by atoms with van der Waals surface area (Å²) in [5.74, 6) is -0.257. The Hall–Kier alpha value is -4.98. The molecular formula is C30H26N4O4. The zero-order chi connectivity index (χ0) is 26.3. The van der Waals surface area contributed by atoms with Crippen LogP contribution in [-0.4, -0.2) is 39.6 Å². The molecule has 0 bridgehead atoms. The molecule has 5 rings (SSSR count). The van der Waals surface area contributed by atoms with Crippen LogP contribution in [0.3, 0.4) is 0 Å². The van der Waals surface area contributed by atoms with E-state index < -0.39 is 17.9 Å². The fourth-order valence-electron chi connectivity index (χ4n) is 4.09. The van der Waals surface area contributed by atoms with Gasteiger partial charge in [0.1, 0.15) is 24.1 Å². The van der Waals surface area contributed by atoms with Crippen molar-refractivity contribution in [3.8, 4) is 16.9 Å². The third-order valence-corrected chi connectivity index (χ3v) is 6.09. The molecule has 1 amide bonds. The molecule has 2 aromatic heterocycles. The Morgan fingerprint density at radius 2 is 1.58 bits per heavy atom. The first-order valence-electron chi connectivity index (χ1n) is 12.1. The van der Waals surface area contributed by atoms with Crippen molar-refractivity contribution in [1.29, 1.82) is 0 Å². The highest BCUT2D eigenvalue weighted by molar-refractivity contribution is 5.96. The average molecular weight is 507 g/mol. The Morgan fingerprint density at radius 1 is 0.895 bits per heavy atom. The van der Waals surface area contributed by atoms with Crippen LogP contribution >= 0.6 is 0 Å². The minimum atomic E-state index is -0.847. The lowest BCUT2D eigenvalue weighted by Gasteiger charge is -2.16. The largest absolute Gasteiger partial charge is 0.489 e. The van der Waals surface area contributed by atoms with E-state index >= 15 is 0 Å². The van der Waals surface area contributed by atoms with E-state index in [4.69, 9.17) is 9.47 Å². The molecule has 3 aromatic carbocycles. The SMILES string of the molecule is COC(=O)[C@@H](Cc1ccccc1)NC(=O)c1ccn2ncc(-c3ccc(OCc4ccccc4)cc3)c2n1. The molecular weight excluding hydrogens is 480 g/mol. The number of carbonyl (C=O) groups is 2. The summed E-state index contributed by atoms with van der Waals surface area (Å²) in [6.07, 6.45) is 3.68. The lowest BCUT2D eigenvalue weighted by molar-refractivity contribution is -0.142. The van der Waals surface area contributed by atoms with E-state index in [1.807, 2.05) is 84.9 Å². The normalized spacial score (nSPS) is 11.6. The van der Waals surface area contributed by atoms with Gasteiger partial charge in [-0.15, -0.1) is 0 Å². The number of aromatic nitrogens is 3. The topological polar surface area (TPSA) is 94.8 Å². The molecule has 5 aromatic rings. The van der Waals surface area contributed by atoms with Gasteiger partial charge >= 0.3 is 5.97 Å². The molecule has 1 N–H and O–H groups in total. The molecule has 0 aliphatic carbocycles. The quantitative estimate of drug-likeness (QED) is 0.296. The number of fused-ring (bicyclic) bond motifs is 1. The van der Waals surface area contributed by atoms with Gasteiger partial charge in [0, 0.05) is 18.2 Å². The van der Waals surface area contributed by atoms with Gasteiger partial charge in [-0.3, -0.25) is 4.79 Å². The number of hydrogen-bond donors (Lipinski definition) is 1. The van der Waals surface area contributed by atoms with Gasteiger partial charge in [0.05, 0.1) is 13.3 Å². The maximum absolute atomic E-state index is 13.1. The van der Waals surface area contributed by atoms with E-state index in [0.717, 1.165) is 28.0 Å². The number of benzene rings is 3. The molecule has 190 valence electrons. The number of nitrogens with zero attached hydrogens (tertiary/aromatic N) is 3. The molecule has 0 spiro atoms. The number of methoxy groups -OCH3 is 1. The fraction of sp³-hybridized carbons (Fsp3) is 0.133. The minimum Gasteiger partial charge on any atom is -0.489 e. The molecule has 0 saturated carbocycles. The minimum absolute atomic E-state index is 0.170. The molecule has 2 heterocycles. The number of ether oxygens (including phenoxy) is 2. The fourth-order valence-corrected chi connectivity index (χ4v) is 4.09. The van der Waals surface area contributed by atoms with Gasteiger partial charge in [-0.2, -0.15) is 5.10 Å². The number of hydrogen-bond acceptors (Lipinski definition) is 6. The smallest absolute Gasteiger partial charge is 0.328 e. The number of rotatable bonds is 9. The van der Waals surface area contributed by atoms with Crippen LogP contribution in [0.15, 0.2) is 103 Å². The van der Waals surface area contributed by atoms with Crippen molar-refractivity contribution >= 4 is 17.5 Å². The maximum Gasteiger partial charge on any atom is 0.328 e. The van der Waals surface area contributed by atoms with Crippen LogP contribution in [0.2, 0.25) is 0 Å². The first-order chi connectivity index (χ1) is 18.6. The molecule has 8 nitrogen and oxygen atoms in total. The molecule has 8 heteroatoms. The van der Waals surface area contributed by atoms with Crippen molar-refractivity contribution in [3.63, 3.8) is 0 Å². The summed E-state index contributed by atoms with van der Waals surface area (Å²) in [6, 6.07) is 27.8. The first-order valence-corrected chi connectivity index (χ1v) is 12.1. The first kappa shape index (κ1) is 24.7. The Bertz CT molecular complexity index is 1530. The highest BCUT2D eigenvalue weighted by atomic mass is 16.5. The third-order valence-electron chi connectivity index (χ3n) is 6.09. The Kier molecular flexibility index (Phi) is 7.40. The van der Waals surface area contributed by atoms with Crippen LogP contribution < -0.4 is 10.1 Å². The van der Waals surface area contributed by atoms with Gasteiger partial charge in [-0.25, -0.2) is 14.3 Å². The molecule has 0 unspecified atom stereocenters. The van der Waals surface area contributed by atoms with Crippen molar-refractivity contribution < 1.29 is 19.1 Å². The molecule has 1 atom stereocenters. The van der Waals surface area contributed by atoms with Gasteiger partial charge in [-0.05, 0) is 34.9 Å². The van der Waals surface area contributed by atoms with Crippen molar-refractivity contribution in [2.24, 2.45) is 0 Å². The van der Waals surface area contributed by atoms with Crippen LogP contribution in [0.1, 0.15) is 21.6 Å². The third kappa shape index (κ3) is 5.70. The van der Waals surface area contributed by atoms with Crippen molar-refractivity contribution in [3.05, 3.63) is 120 Å². The van der Waals surface area contributed by atoms with Crippen molar-refractivity contribution in [2.75, 3.05) is 7.11 Å². The second kappa shape index (κ2) is 11.4. The Morgan fingerprint density at radius 3 is 2.26 bits per heavy atom. The summed E-state index contributed by atoms with van der Waals surface area (Å²) in [5.41, 5.74) is 4.34.